The lowest BCUT2D eigenvalue weighted by Crippen LogP contribution is -2.32. The van der Waals surface area contributed by atoms with E-state index in [9.17, 15) is 13.2 Å². The van der Waals surface area contributed by atoms with Gasteiger partial charge in [-0.2, -0.15) is 4.31 Å². The van der Waals surface area contributed by atoms with Crippen molar-refractivity contribution in [2.75, 3.05) is 18.4 Å². The maximum absolute atomic E-state index is 12.9. The summed E-state index contributed by atoms with van der Waals surface area (Å²) in [5.74, 6) is 0.945. The number of sulfonamides is 1. The fourth-order valence-electron chi connectivity index (χ4n) is 3.23. The van der Waals surface area contributed by atoms with Crippen LogP contribution in [0.25, 0.3) is 0 Å². The van der Waals surface area contributed by atoms with Gasteiger partial charge in [0.25, 0.3) is 5.91 Å². The van der Waals surface area contributed by atoms with Gasteiger partial charge in [-0.1, -0.05) is 25.4 Å². The largest absolute Gasteiger partial charge is 0.457 e. The third-order valence-corrected chi connectivity index (χ3v) is 7.03. The lowest BCUT2D eigenvalue weighted by Gasteiger charge is -2.21. The van der Waals surface area contributed by atoms with Gasteiger partial charge in [0.1, 0.15) is 11.5 Å². The number of amides is 1. The molecule has 33 heavy (non-hydrogen) atoms. The molecule has 0 unspecified atom stereocenters. The molecular weight excluding hydrogens is 460 g/mol. The molecule has 3 aromatic carbocycles. The summed E-state index contributed by atoms with van der Waals surface area (Å²) in [7, 11) is -3.58. The van der Waals surface area contributed by atoms with Crippen LogP contribution in [0.5, 0.6) is 11.5 Å². The zero-order valence-electron chi connectivity index (χ0n) is 18.6. The lowest BCUT2D eigenvalue weighted by atomic mass is 10.2. The van der Waals surface area contributed by atoms with E-state index >= 15 is 0 Å². The first kappa shape index (κ1) is 24.8. The van der Waals surface area contributed by atoms with Crippen molar-refractivity contribution in [3.05, 3.63) is 83.4 Å². The first-order valence-electron chi connectivity index (χ1n) is 10.8. The number of nitrogens with one attached hydrogen (secondary N) is 1. The molecule has 0 bridgehead atoms. The Bertz CT molecular complexity index is 1160. The van der Waals surface area contributed by atoms with Gasteiger partial charge in [0, 0.05) is 29.4 Å². The summed E-state index contributed by atoms with van der Waals surface area (Å²) in [6.45, 7) is 4.83. The minimum Gasteiger partial charge on any atom is -0.457 e. The number of carbonyl (C=O) groups is 1. The van der Waals surface area contributed by atoms with Crippen LogP contribution >= 0.6 is 11.6 Å². The van der Waals surface area contributed by atoms with Gasteiger partial charge in [-0.3, -0.25) is 4.79 Å². The number of hydrogen-bond acceptors (Lipinski definition) is 4. The Balaban J connectivity index is 1.65. The molecule has 0 atom stereocenters. The molecule has 0 aromatic heterocycles. The van der Waals surface area contributed by atoms with Gasteiger partial charge >= 0.3 is 0 Å². The number of benzene rings is 3. The standard InChI is InChI=1S/C25H27ClN2O4S/c1-3-17-28(18-4-2)33(30,31)24-15-5-19(6-16-24)25(29)27-21-9-13-23(14-10-21)32-22-11-7-20(26)8-12-22/h5-16H,3-4,17-18H2,1-2H3,(H,27,29). The number of hydrogen-bond donors (Lipinski definition) is 1. The summed E-state index contributed by atoms with van der Waals surface area (Å²) < 4.78 is 33.0. The van der Waals surface area contributed by atoms with Crippen LogP contribution in [0.2, 0.25) is 5.02 Å². The molecule has 1 N–H and O–H groups in total. The van der Waals surface area contributed by atoms with Crippen molar-refractivity contribution in [3.63, 3.8) is 0 Å². The molecule has 174 valence electrons. The van der Waals surface area contributed by atoms with E-state index in [2.05, 4.69) is 5.32 Å². The molecular formula is C25H27ClN2O4S. The second kappa shape index (κ2) is 11.3. The van der Waals surface area contributed by atoms with Crippen molar-refractivity contribution in [1.29, 1.82) is 0 Å². The first-order chi connectivity index (χ1) is 15.8. The van der Waals surface area contributed by atoms with E-state index in [1.807, 2.05) is 13.8 Å². The fraction of sp³-hybridized carbons (Fsp3) is 0.240. The zero-order chi connectivity index (χ0) is 23.8. The van der Waals surface area contributed by atoms with Gasteiger partial charge < -0.3 is 10.1 Å². The topological polar surface area (TPSA) is 75.7 Å². The Morgan fingerprint density at radius 1 is 0.848 bits per heavy atom. The average Bonchev–Trinajstić information content (AvgIpc) is 2.81. The van der Waals surface area contributed by atoms with Gasteiger partial charge in [0.05, 0.1) is 4.90 Å². The normalized spacial score (nSPS) is 11.4. The van der Waals surface area contributed by atoms with Crippen LogP contribution in [0, 0.1) is 0 Å². The first-order valence-corrected chi connectivity index (χ1v) is 12.6. The highest BCUT2D eigenvalue weighted by Crippen LogP contribution is 2.25. The number of carbonyl (C=O) groups excluding carboxylic acids is 1. The van der Waals surface area contributed by atoms with Crippen molar-refractivity contribution in [2.24, 2.45) is 0 Å². The Morgan fingerprint density at radius 2 is 1.36 bits per heavy atom. The number of rotatable bonds is 10. The SMILES string of the molecule is CCCN(CCC)S(=O)(=O)c1ccc(C(=O)Nc2ccc(Oc3ccc(Cl)cc3)cc2)cc1. The maximum Gasteiger partial charge on any atom is 0.255 e. The van der Waals surface area contributed by atoms with Gasteiger partial charge in [0.15, 0.2) is 0 Å². The van der Waals surface area contributed by atoms with Crippen LogP contribution in [0.3, 0.4) is 0 Å². The summed E-state index contributed by atoms with van der Waals surface area (Å²) in [4.78, 5) is 12.8. The molecule has 0 radical (unpaired) electrons. The van der Waals surface area contributed by atoms with Crippen molar-refractivity contribution >= 4 is 33.2 Å². The molecule has 0 saturated heterocycles. The smallest absolute Gasteiger partial charge is 0.255 e. The van der Waals surface area contributed by atoms with Crippen LogP contribution in [-0.2, 0) is 10.0 Å². The Kier molecular flexibility index (Phi) is 8.49. The zero-order valence-corrected chi connectivity index (χ0v) is 20.2. The molecule has 0 spiro atoms. The van der Waals surface area contributed by atoms with E-state index in [-0.39, 0.29) is 10.8 Å². The monoisotopic (exact) mass is 486 g/mol. The van der Waals surface area contributed by atoms with Crippen LogP contribution in [0.15, 0.2) is 77.7 Å². The van der Waals surface area contributed by atoms with E-state index in [1.54, 1.807) is 48.5 Å². The summed E-state index contributed by atoms with van der Waals surface area (Å²) in [5, 5.41) is 3.44. The lowest BCUT2D eigenvalue weighted by molar-refractivity contribution is 0.102. The molecule has 3 rings (SSSR count). The molecule has 6 nitrogen and oxygen atoms in total. The van der Waals surface area contributed by atoms with E-state index in [4.69, 9.17) is 16.3 Å². The van der Waals surface area contributed by atoms with E-state index in [1.165, 1.54) is 28.6 Å². The van der Waals surface area contributed by atoms with Crippen molar-refractivity contribution < 1.29 is 17.9 Å². The second-order valence-electron chi connectivity index (χ2n) is 7.46. The summed E-state index contributed by atoms with van der Waals surface area (Å²) in [6.07, 6.45) is 1.48. The molecule has 0 aliphatic carbocycles. The Hall–Kier alpha value is -2.87. The quantitative estimate of drug-likeness (QED) is 0.370. The number of halogens is 1. The maximum atomic E-state index is 12.9. The minimum absolute atomic E-state index is 0.185. The molecule has 0 fully saturated rings. The highest BCUT2D eigenvalue weighted by molar-refractivity contribution is 7.89. The van der Waals surface area contributed by atoms with Gasteiger partial charge in [0.2, 0.25) is 10.0 Å². The van der Waals surface area contributed by atoms with Gasteiger partial charge in [-0.05, 0) is 85.6 Å². The average molecular weight is 487 g/mol. The molecule has 8 heteroatoms. The fourth-order valence-corrected chi connectivity index (χ4v) is 4.98. The van der Waals surface area contributed by atoms with E-state index in [0.717, 1.165) is 12.8 Å². The summed E-state index contributed by atoms with van der Waals surface area (Å²) in [6, 6.07) is 20.0. The third kappa shape index (κ3) is 6.57. The third-order valence-electron chi connectivity index (χ3n) is 4.86. The predicted molar refractivity (Wildman–Crippen MR) is 132 cm³/mol. The van der Waals surface area contributed by atoms with Crippen molar-refractivity contribution in [3.8, 4) is 11.5 Å². The molecule has 1 amide bonds. The van der Waals surface area contributed by atoms with Crippen molar-refractivity contribution in [1.82, 2.24) is 4.31 Å². The number of anilines is 1. The summed E-state index contributed by atoms with van der Waals surface area (Å²) >= 11 is 5.88. The van der Waals surface area contributed by atoms with E-state index in [0.29, 0.717) is 40.9 Å². The summed E-state index contributed by atoms with van der Waals surface area (Å²) in [5.41, 5.74) is 0.963. The molecule has 0 aliphatic rings. The molecule has 0 heterocycles. The Labute approximate surface area is 200 Å². The van der Waals surface area contributed by atoms with Gasteiger partial charge in [-0.15, -0.1) is 0 Å². The van der Waals surface area contributed by atoms with Crippen LogP contribution < -0.4 is 10.1 Å². The van der Waals surface area contributed by atoms with Gasteiger partial charge in [-0.25, -0.2) is 8.42 Å². The predicted octanol–water partition coefficient (Wildman–Crippen LogP) is 6.20. The van der Waals surface area contributed by atoms with Crippen molar-refractivity contribution in [2.45, 2.75) is 31.6 Å². The van der Waals surface area contributed by atoms with E-state index < -0.39 is 10.0 Å². The highest BCUT2D eigenvalue weighted by atomic mass is 35.5. The van der Waals surface area contributed by atoms with Crippen LogP contribution in [0.1, 0.15) is 37.0 Å². The Morgan fingerprint density at radius 3 is 1.88 bits per heavy atom. The molecule has 0 saturated carbocycles. The molecule has 0 aliphatic heterocycles. The number of ether oxygens (including phenoxy) is 1. The molecule has 3 aromatic rings. The van der Waals surface area contributed by atoms with Crippen LogP contribution in [0.4, 0.5) is 5.69 Å². The van der Waals surface area contributed by atoms with Crippen LogP contribution in [-0.4, -0.2) is 31.7 Å². The highest BCUT2D eigenvalue weighted by Gasteiger charge is 2.23. The minimum atomic E-state index is -3.58. The second-order valence-corrected chi connectivity index (χ2v) is 9.84. The number of nitrogens with zero attached hydrogens (tertiary/aromatic N) is 1.